The molecule has 0 aliphatic carbocycles. The van der Waals surface area contributed by atoms with E-state index in [0.717, 1.165) is 39.4 Å². The standard InChI is InChI=1S/C23H21N3O2/c1-16-10-12-18(13-11-16)24-22(27)15-26-21-9-4-3-8-20(21)25-23(26)17-6-5-7-19(14-17)28-2/h3-14H,15H2,1-2H3,(H,24,27). The van der Waals surface area contributed by atoms with Crippen molar-refractivity contribution in [3.8, 4) is 17.1 Å². The van der Waals surface area contributed by atoms with Gasteiger partial charge in [0.15, 0.2) is 0 Å². The van der Waals surface area contributed by atoms with Crippen LogP contribution in [0.5, 0.6) is 5.75 Å². The van der Waals surface area contributed by atoms with Crippen LogP contribution < -0.4 is 10.1 Å². The number of benzene rings is 3. The third-order valence-corrected chi connectivity index (χ3v) is 4.62. The first-order valence-corrected chi connectivity index (χ1v) is 9.10. The Balaban J connectivity index is 1.70. The first-order valence-electron chi connectivity index (χ1n) is 9.10. The summed E-state index contributed by atoms with van der Waals surface area (Å²) >= 11 is 0. The smallest absolute Gasteiger partial charge is 0.244 e. The van der Waals surface area contributed by atoms with Gasteiger partial charge in [0.2, 0.25) is 5.91 Å². The van der Waals surface area contributed by atoms with E-state index < -0.39 is 0 Å². The van der Waals surface area contributed by atoms with Crippen molar-refractivity contribution in [3.05, 3.63) is 78.4 Å². The van der Waals surface area contributed by atoms with Crippen LogP contribution in [0.2, 0.25) is 0 Å². The average Bonchev–Trinajstić information content (AvgIpc) is 3.08. The molecule has 5 nitrogen and oxygen atoms in total. The fourth-order valence-corrected chi connectivity index (χ4v) is 3.20. The zero-order valence-corrected chi connectivity index (χ0v) is 15.8. The summed E-state index contributed by atoms with van der Waals surface area (Å²) in [5, 5.41) is 2.96. The van der Waals surface area contributed by atoms with Crippen LogP contribution in [0, 0.1) is 6.92 Å². The molecule has 1 N–H and O–H groups in total. The van der Waals surface area contributed by atoms with Gasteiger partial charge in [-0.3, -0.25) is 4.79 Å². The topological polar surface area (TPSA) is 56.2 Å². The Morgan fingerprint density at radius 2 is 1.82 bits per heavy atom. The monoisotopic (exact) mass is 371 g/mol. The zero-order valence-electron chi connectivity index (χ0n) is 15.8. The van der Waals surface area contributed by atoms with Gasteiger partial charge in [-0.1, -0.05) is 42.0 Å². The molecule has 0 atom stereocenters. The number of rotatable bonds is 5. The molecule has 28 heavy (non-hydrogen) atoms. The fourth-order valence-electron chi connectivity index (χ4n) is 3.20. The lowest BCUT2D eigenvalue weighted by Crippen LogP contribution is -2.19. The Morgan fingerprint density at radius 3 is 2.61 bits per heavy atom. The number of methoxy groups -OCH3 is 1. The largest absolute Gasteiger partial charge is 0.497 e. The molecule has 3 aromatic carbocycles. The summed E-state index contributed by atoms with van der Waals surface area (Å²) in [5.41, 5.74) is 4.60. The number of aryl methyl sites for hydroxylation is 1. The molecule has 4 rings (SSSR count). The van der Waals surface area contributed by atoms with E-state index in [2.05, 4.69) is 5.32 Å². The van der Waals surface area contributed by atoms with E-state index in [1.807, 2.05) is 84.3 Å². The molecular weight excluding hydrogens is 350 g/mol. The fraction of sp³-hybridized carbons (Fsp3) is 0.130. The molecular formula is C23H21N3O2. The highest BCUT2D eigenvalue weighted by Crippen LogP contribution is 2.27. The number of nitrogens with one attached hydrogen (secondary N) is 1. The van der Waals surface area contributed by atoms with Crippen LogP contribution in [0.15, 0.2) is 72.8 Å². The van der Waals surface area contributed by atoms with Gasteiger partial charge in [0, 0.05) is 11.3 Å². The van der Waals surface area contributed by atoms with Gasteiger partial charge in [-0.15, -0.1) is 0 Å². The predicted octanol–water partition coefficient (Wildman–Crippen LogP) is 4.66. The number of amides is 1. The van der Waals surface area contributed by atoms with Crippen molar-refractivity contribution >= 4 is 22.6 Å². The van der Waals surface area contributed by atoms with E-state index in [-0.39, 0.29) is 12.5 Å². The second-order valence-corrected chi connectivity index (χ2v) is 6.66. The molecule has 1 amide bonds. The van der Waals surface area contributed by atoms with Crippen LogP contribution in [0.1, 0.15) is 5.56 Å². The lowest BCUT2D eigenvalue weighted by atomic mass is 10.2. The number of para-hydroxylation sites is 2. The normalized spacial score (nSPS) is 10.8. The average molecular weight is 371 g/mol. The number of anilines is 1. The maximum Gasteiger partial charge on any atom is 0.244 e. The van der Waals surface area contributed by atoms with Crippen molar-refractivity contribution in [1.82, 2.24) is 9.55 Å². The van der Waals surface area contributed by atoms with Crippen molar-refractivity contribution in [2.75, 3.05) is 12.4 Å². The molecule has 5 heteroatoms. The summed E-state index contributed by atoms with van der Waals surface area (Å²) in [6.45, 7) is 2.19. The molecule has 0 radical (unpaired) electrons. The quantitative estimate of drug-likeness (QED) is 0.555. The number of ether oxygens (including phenoxy) is 1. The second kappa shape index (κ2) is 7.56. The summed E-state index contributed by atoms with van der Waals surface area (Å²) in [6, 6.07) is 23.3. The molecule has 0 fully saturated rings. The van der Waals surface area contributed by atoms with Crippen LogP contribution >= 0.6 is 0 Å². The van der Waals surface area contributed by atoms with E-state index in [4.69, 9.17) is 9.72 Å². The number of carbonyl (C=O) groups excluding carboxylic acids is 1. The lowest BCUT2D eigenvalue weighted by molar-refractivity contribution is -0.116. The number of fused-ring (bicyclic) bond motifs is 1. The van der Waals surface area contributed by atoms with Crippen LogP contribution in [-0.2, 0) is 11.3 Å². The van der Waals surface area contributed by atoms with Crippen molar-refractivity contribution in [3.63, 3.8) is 0 Å². The molecule has 1 aromatic heterocycles. The van der Waals surface area contributed by atoms with Gasteiger partial charge in [0.25, 0.3) is 0 Å². The van der Waals surface area contributed by atoms with E-state index in [0.29, 0.717) is 0 Å². The maximum absolute atomic E-state index is 12.7. The van der Waals surface area contributed by atoms with Crippen molar-refractivity contribution in [2.45, 2.75) is 13.5 Å². The van der Waals surface area contributed by atoms with Crippen LogP contribution in [0.25, 0.3) is 22.4 Å². The maximum atomic E-state index is 12.7. The minimum atomic E-state index is -0.101. The first kappa shape index (κ1) is 17.8. The molecule has 0 bridgehead atoms. The second-order valence-electron chi connectivity index (χ2n) is 6.66. The van der Waals surface area contributed by atoms with E-state index in [1.54, 1.807) is 7.11 Å². The number of hydrogen-bond acceptors (Lipinski definition) is 3. The summed E-state index contributed by atoms with van der Waals surface area (Å²) in [7, 11) is 1.64. The van der Waals surface area contributed by atoms with Gasteiger partial charge in [-0.25, -0.2) is 4.98 Å². The predicted molar refractivity (Wildman–Crippen MR) is 112 cm³/mol. The van der Waals surface area contributed by atoms with Gasteiger partial charge in [-0.2, -0.15) is 0 Å². The summed E-state index contributed by atoms with van der Waals surface area (Å²) in [6.07, 6.45) is 0. The molecule has 0 saturated carbocycles. The Kier molecular flexibility index (Phi) is 4.81. The minimum absolute atomic E-state index is 0.101. The molecule has 4 aromatic rings. The lowest BCUT2D eigenvalue weighted by Gasteiger charge is -2.11. The first-order chi connectivity index (χ1) is 13.6. The third-order valence-electron chi connectivity index (χ3n) is 4.62. The van der Waals surface area contributed by atoms with Crippen molar-refractivity contribution < 1.29 is 9.53 Å². The number of nitrogens with zero attached hydrogens (tertiary/aromatic N) is 2. The highest BCUT2D eigenvalue weighted by molar-refractivity contribution is 5.92. The third kappa shape index (κ3) is 3.60. The molecule has 0 aliphatic heterocycles. The number of imidazole rings is 1. The SMILES string of the molecule is COc1cccc(-c2nc3ccccc3n2CC(=O)Nc2ccc(C)cc2)c1. The molecule has 0 spiro atoms. The van der Waals surface area contributed by atoms with Crippen LogP contribution in [0.4, 0.5) is 5.69 Å². The molecule has 140 valence electrons. The van der Waals surface area contributed by atoms with Crippen molar-refractivity contribution in [1.29, 1.82) is 0 Å². The highest BCUT2D eigenvalue weighted by Gasteiger charge is 2.15. The van der Waals surface area contributed by atoms with Gasteiger partial charge in [0.05, 0.1) is 18.1 Å². The van der Waals surface area contributed by atoms with E-state index >= 15 is 0 Å². The van der Waals surface area contributed by atoms with Gasteiger partial charge >= 0.3 is 0 Å². The molecule has 1 heterocycles. The number of carbonyl (C=O) groups is 1. The number of hydrogen-bond donors (Lipinski definition) is 1. The van der Waals surface area contributed by atoms with Crippen molar-refractivity contribution in [2.24, 2.45) is 0 Å². The van der Waals surface area contributed by atoms with Crippen LogP contribution in [-0.4, -0.2) is 22.6 Å². The summed E-state index contributed by atoms with van der Waals surface area (Å²) in [5.74, 6) is 1.38. The zero-order chi connectivity index (χ0) is 19.5. The van der Waals surface area contributed by atoms with Crippen LogP contribution in [0.3, 0.4) is 0 Å². The Bertz CT molecular complexity index is 1130. The van der Waals surface area contributed by atoms with Gasteiger partial charge < -0.3 is 14.6 Å². The minimum Gasteiger partial charge on any atom is -0.497 e. The molecule has 0 unspecified atom stereocenters. The summed E-state index contributed by atoms with van der Waals surface area (Å²) < 4.78 is 7.28. The Hall–Kier alpha value is -3.60. The number of aromatic nitrogens is 2. The highest BCUT2D eigenvalue weighted by atomic mass is 16.5. The molecule has 0 aliphatic rings. The van der Waals surface area contributed by atoms with Gasteiger partial charge in [0.1, 0.15) is 18.1 Å². The Morgan fingerprint density at radius 1 is 1.04 bits per heavy atom. The van der Waals surface area contributed by atoms with E-state index in [1.165, 1.54) is 0 Å². The van der Waals surface area contributed by atoms with Gasteiger partial charge in [-0.05, 0) is 43.3 Å². The van der Waals surface area contributed by atoms with E-state index in [9.17, 15) is 4.79 Å². The molecule has 0 saturated heterocycles. The summed E-state index contributed by atoms with van der Waals surface area (Å²) in [4.78, 5) is 17.5. The Labute approximate surface area is 163 Å².